The second kappa shape index (κ2) is 10.3. The average molecular weight is 523 g/mol. The summed E-state index contributed by atoms with van der Waals surface area (Å²) in [5, 5.41) is 7.88. The van der Waals surface area contributed by atoms with E-state index in [-0.39, 0.29) is 18.1 Å². The molecule has 2 bridgehead atoms. The predicted octanol–water partition coefficient (Wildman–Crippen LogP) is 5.06. The van der Waals surface area contributed by atoms with Crippen LogP contribution in [0.1, 0.15) is 43.0 Å². The van der Waals surface area contributed by atoms with Crippen LogP contribution < -0.4 is 26.2 Å². The Morgan fingerprint density at radius 3 is 2.54 bits per heavy atom. The van der Waals surface area contributed by atoms with Gasteiger partial charge in [-0.3, -0.25) is 19.5 Å². The fourth-order valence-corrected chi connectivity index (χ4v) is 6.51. The molecule has 6 atom stereocenters. The number of pyridine rings is 1. The number of hydrogen-bond acceptors (Lipinski definition) is 7. The van der Waals surface area contributed by atoms with Gasteiger partial charge in [-0.05, 0) is 73.5 Å². The van der Waals surface area contributed by atoms with E-state index in [1.807, 2.05) is 67.7 Å². The van der Waals surface area contributed by atoms with Gasteiger partial charge >= 0.3 is 0 Å². The predicted molar refractivity (Wildman–Crippen MR) is 156 cm³/mol. The molecule has 7 heteroatoms. The van der Waals surface area contributed by atoms with Crippen molar-refractivity contribution < 1.29 is 4.74 Å². The molecule has 0 radical (unpaired) electrons. The van der Waals surface area contributed by atoms with E-state index in [1.54, 1.807) is 7.11 Å². The fourth-order valence-electron chi connectivity index (χ4n) is 6.51. The summed E-state index contributed by atoms with van der Waals surface area (Å²) < 4.78 is 5.54. The van der Waals surface area contributed by atoms with E-state index >= 15 is 0 Å². The van der Waals surface area contributed by atoms with E-state index in [9.17, 15) is 9.59 Å². The van der Waals surface area contributed by atoms with Gasteiger partial charge in [-0.25, -0.2) is 0 Å². The van der Waals surface area contributed by atoms with Crippen molar-refractivity contribution in [2.75, 3.05) is 30.8 Å². The Labute approximate surface area is 228 Å². The zero-order chi connectivity index (χ0) is 27.1. The molecule has 0 spiro atoms. The van der Waals surface area contributed by atoms with Crippen LogP contribution in [0.3, 0.4) is 0 Å². The lowest BCUT2D eigenvalue weighted by Gasteiger charge is -2.52. The highest BCUT2D eigenvalue weighted by Crippen LogP contribution is 2.44. The molecule has 3 fully saturated rings. The van der Waals surface area contributed by atoms with Crippen molar-refractivity contribution in [1.82, 2.24) is 9.88 Å². The molecule has 4 unspecified atom stereocenters. The Balaban J connectivity index is 1.40. The number of aromatic nitrogens is 1. The van der Waals surface area contributed by atoms with Gasteiger partial charge in [0, 0.05) is 30.2 Å². The summed E-state index contributed by atoms with van der Waals surface area (Å²) in [6.07, 6.45) is 6.04. The first-order valence-corrected chi connectivity index (χ1v) is 13.7. The van der Waals surface area contributed by atoms with Crippen LogP contribution in [0.2, 0.25) is 0 Å². The maximum atomic E-state index is 13.0. The van der Waals surface area contributed by atoms with E-state index in [4.69, 9.17) is 4.74 Å². The molecule has 0 aliphatic carbocycles. The second-order valence-electron chi connectivity index (χ2n) is 10.8. The number of ether oxygens (including phenoxy) is 1. The van der Waals surface area contributed by atoms with Crippen molar-refractivity contribution in [3.8, 4) is 5.75 Å². The summed E-state index contributed by atoms with van der Waals surface area (Å²) in [5.74, 6) is 1.77. The molecule has 200 valence electrons. The van der Waals surface area contributed by atoms with Crippen LogP contribution in [0, 0.1) is 11.8 Å². The largest absolute Gasteiger partial charge is 0.497 e. The molecule has 4 aromatic rings. The van der Waals surface area contributed by atoms with Crippen molar-refractivity contribution >= 4 is 22.3 Å². The summed E-state index contributed by atoms with van der Waals surface area (Å²) >= 11 is 0. The van der Waals surface area contributed by atoms with Crippen LogP contribution in [0.5, 0.6) is 5.75 Å². The Morgan fingerprint density at radius 2 is 1.85 bits per heavy atom. The summed E-state index contributed by atoms with van der Waals surface area (Å²) in [6, 6.07) is 17.6. The molecule has 3 aliphatic heterocycles. The molecule has 0 amide bonds. The Kier molecular flexibility index (Phi) is 6.69. The third-order valence-electron chi connectivity index (χ3n) is 8.73. The number of piperidine rings is 3. The number of nitrogens with one attached hydrogen (secondary N) is 2. The highest BCUT2D eigenvalue weighted by Gasteiger charge is 2.43. The van der Waals surface area contributed by atoms with Gasteiger partial charge in [0.05, 0.1) is 18.7 Å². The quantitative estimate of drug-likeness (QED) is 0.235. The number of nitrogens with zero attached hydrogens (tertiary/aromatic N) is 2. The minimum atomic E-state index is -0.475. The summed E-state index contributed by atoms with van der Waals surface area (Å²) in [6.45, 7) is 8.03. The number of benzene rings is 2. The topological polar surface area (TPSA) is 83.6 Å². The lowest BCUT2D eigenvalue weighted by molar-refractivity contribution is 0.0105. The van der Waals surface area contributed by atoms with Gasteiger partial charge in [0.2, 0.25) is 0 Å². The van der Waals surface area contributed by atoms with Crippen LogP contribution in [-0.4, -0.2) is 36.1 Å². The third kappa shape index (κ3) is 4.51. The highest BCUT2D eigenvalue weighted by molar-refractivity contribution is 5.85. The summed E-state index contributed by atoms with van der Waals surface area (Å²) in [4.78, 5) is 32.9. The normalized spacial score (nSPS) is 23.8. The molecular weight excluding hydrogens is 488 g/mol. The number of anilines is 2. The van der Waals surface area contributed by atoms with Gasteiger partial charge in [-0.15, -0.1) is 6.58 Å². The smallest absolute Gasteiger partial charge is 0.253 e. The molecule has 7 rings (SSSR count). The summed E-state index contributed by atoms with van der Waals surface area (Å²) in [5.41, 5.74) is 2.73. The Bertz CT molecular complexity index is 1580. The average Bonchev–Trinajstić information content (AvgIpc) is 3.00. The Morgan fingerprint density at radius 1 is 1.08 bits per heavy atom. The minimum Gasteiger partial charge on any atom is -0.497 e. The number of hydrogen-bond donors (Lipinski definition) is 2. The maximum absolute atomic E-state index is 13.0. The Hall–Kier alpha value is -3.97. The third-order valence-corrected chi connectivity index (χ3v) is 8.73. The maximum Gasteiger partial charge on any atom is 0.253 e. The first-order chi connectivity index (χ1) is 19.0. The number of methoxy groups -OCH3 is 1. The monoisotopic (exact) mass is 522 g/mol. The van der Waals surface area contributed by atoms with Crippen LogP contribution in [0.25, 0.3) is 10.9 Å². The number of rotatable bonds is 9. The van der Waals surface area contributed by atoms with E-state index in [0.29, 0.717) is 23.2 Å². The second-order valence-corrected chi connectivity index (χ2v) is 10.8. The molecule has 39 heavy (non-hydrogen) atoms. The van der Waals surface area contributed by atoms with E-state index in [0.717, 1.165) is 53.7 Å². The first kappa shape index (κ1) is 25.3. The molecular formula is C32H34N4O3. The van der Waals surface area contributed by atoms with Gasteiger partial charge in [0.25, 0.3) is 10.9 Å². The zero-order valence-corrected chi connectivity index (χ0v) is 22.4. The lowest BCUT2D eigenvalue weighted by atomic mass is 9.73. The van der Waals surface area contributed by atoms with Crippen LogP contribution >= 0.6 is 0 Å². The van der Waals surface area contributed by atoms with Gasteiger partial charge in [0.1, 0.15) is 17.1 Å². The van der Waals surface area contributed by atoms with Crippen LogP contribution in [0.4, 0.5) is 11.4 Å². The number of fused-ring (bicyclic) bond motifs is 4. The molecule has 7 nitrogen and oxygen atoms in total. The molecule has 3 aliphatic rings. The van der Waals surface area contributed by atoms with Crippen molar-refractivity contribution in [3.05, 3.63) is 105 Å². The van der Waals surface area contributed by atoms with Gasteiger partial charge in [0.15, 0.2) is 0 Å². The van der Waals surface area contributed by atoms with Gasteiger partial charge in [-0.2, -0.15) is 0 Å². The molecule has 2 N–H and O–H groups in total. The van der Waals surface area contributed by atoms with E-state index < -0.39 is 10.9 Å². The SMILES string of the molecule is C=CC1CN2CCC1CC2[C@H](Nc1c(N[C@H](C)c2ccccc2)c(=O)c1=O)c1ccnc2ccc(OC)cc12. The van der Waals surface area contributed by atoms with Crippen molar-refractivity contribution in [2.45, 2.75) is 37.9 Å². The summed E-state index contributed by atoms with van der Waals surface area (Å²) in [7, 11) is 1.66. The van der Waals surface area contributed by atoms with Crippen LogP contribution in [0.15, 0.2) is 83.0 Å². The highest BCUT2D eigenvalue weighted by atomic mass is 16.5. The van der Waals surface area contributed by atoms with Crippen molar-refractivity contribution in [3.63, 3.8) is 0 Å². The van der Waals surface area contributed by atoms with Crippen molar-refractivity contribution in [2.24, 2.45) is 11.8 Å². The fraction of sp³-hybridized carbons (Fsp3) is 0.344. The van der Waals surface area contributed by atoms with Crippen molar-refractivity contribution in [1.29, 1.82) is 0 Å². The molecule has 1 aromatic heterocycles. The molecule has 4 heterocycles. The van der Waals surface area contributed by atoms with Gasteiger partial charge < -0.3 is 15.4 Å². The molecule has 3 aromatic carbocycles. The zero-order valence-electron chi connectivity index (χ0n) is 22.4. The minimum absolute atomic E-state index is 0.123. The molecule has 0 saturated carbocycles. The van der Waals surface area contributed by atoms with Crippen LogP contribution in [-0.2, 0) is 0 Å². The van der Waals surface area contributed by atoms with E-state index in [2.05, 4.69) is 33.2 Å². The standard InChI is InChI=1S/C32H34N4O3/c1-4-20-18-36-15-13-22(20)16-27(36)28(24-12-14-33-26-11-10-23(39-3)17-25(24)26)35-30-29(31(37)32(30)38)34-19(2)21-8-6-5-7-9-21/h4-12,14,17,19-20,22,27-28,34-35H,1,13,15-16,18H2,2-3H3/t19-,20?,22?,27?,28-/m1/s1. The molecule has 3 saturated heterocycles. The lowest BCUT2D eigenvalue weighted by Crippen LogP contribution is -2.56. The van der Waals surface area contributed by atoms with Gasteiger partial charge in [-0.1, -0.05) is 36.4 Å². The van der Waals surface area contributed by atoms with E-state index in [1.165, 1.54) is 0 Å². The first-order valence-electron chi connectivity index (χ1n) is 13.7.